The van der Waals surface area contributed by atoms with Gasteiger partial charge in [0.15, 0.2) is 0 Å². The average molecular weight is 484 g/mol. The minimum Gasteiger partial charge on any atom is -0.387 e. The van der Waals surface area contributed by atoms with Crippen LogP contribution in [0.2, 0.25) is 0 Å². The standard InChI is InChI=1S/C28H38FN3O3/c1-20(16-21-8-3-2-4-9-21)25(33)31-15-14-28(35,27(17-31)12-5-6-13-27)18-32-19-30-24-22(26(32)34)10-7-11-23(24)29/h7,10-11,19-21,35H,2-6,8-9,12-18H2,1H3/t20-,28?/m1/s1. The lowest BCUT2D eigenvalue weighted by Gasteiger charge is -2.52. The van der Waals surface area contributed by atoms with Crippen LogP contribution in [0.15, 0.2) is 29.3 Å². The van der Waals surface area contributed by atoms with E-state index in [4.69, 9.17) is 0 Å². The number of halogens is 1. The molecular weight excluding hydrogens is 445 g/mol. The summed E-state index contributed by atoms with van der Waals surface area (Å²) in [5.41, 5.74) is -1.82. The van der Waals surface area contributed by atoms with E-state index in [2.05, 4.69) is 11.9 Å². The maximum absolute atomic E-state index is 14.1. The fourth-order valence-electron chi connectivity index (χ4n) is 7.17. The van der Waals surface area contributed by atoms with Gasteiger partial charge in [0.2, 0.25) is 5.91 Å². The number of carbonyl (C=O) groups excluding carboxylic acids is 1. The molecule has 2 saturated carbocycles. The molecule has 2 aromatic rings. The average Bonchev–Trinajstić information content (AvgIpc) is 3.33. The molecular formula is C28H38FN3O3. The number of aliphatic hydroxyl groups is 1. The van der Waals surface area contributed by atoms with E-state index in [1.807, 2.05) is 4.90 Å². The number of aromatic nitrogens is 2. The van der Waals surface area contributed by atoms with Crippen molar-refractivity contribution in [2.45, 2.75) is 89.7 Å². The highest BCUT2D eigenvalue weighted by Crippen LogP contribution is 2.51. The smallest absolute Gasteiger partial charge is 0.261 e. The van der Waals surface area contributed by atoms with E-state index in [0.717, 1.165) is 32.1 Å². The van der Waals surface area contributed by atoms with Gasteiger partial charge in [-0.25, -0.2) is 9.37 Å². The molecule has 1 saturated heterocycles. The van der Waals surface area contributed by atoms with Crippen molar-refractivity contribution in [1.29, 1.82) is 0 Å². The lowest BCUT2D eigenvalue weighted by molar-refractivity contribution is -0.163. The molecule has 1 aliphatic heterocycles. The second-order valence-corrected chi connectivity index (χ2v) is 11.5. The van der Waals surface area contributed by atoms with Crippen LogP contribution in [0.1, 0.15) is 77.6 Å². The summed E-state index contributed by atoms with van der Waals surface area (Å²) in [7, 11) is 0. The second kappa shape index (κ2) is 9.64. The highest BCUT2D eigenvalue weighted by molar-refractivity contribution is 5.79. The van der Waals surface area contributed by atoms with Crippen LogP contribution in [0.4, 0.5) is 4.39 Å². The molecule has 190 valence electrons. The number of hydrogen-bond acceptors (Lipinski definition) is 4. The molecule has 2 aliphatic carbocycles. The van der Waals surface area contributed by atoms with E-state index in [1.54, 1.807) is 6.07 Å². The first-order chi connectivity index (χ1) is 16.8. The zero-order valence-corrected chi connectivity index (χ0v) is 20.8. The van der Waals surface area contributed by atoms with Crippen molar-refractivity contribution in [3.8, 4) is 0 Å². The Morgan fingerprint density at radius 2 is 1.91 bits per heavy atom. The molecule has 1 unspecified atom stereocenters. The molecule has 5 rings (SSSR count). The van der Waals surface area contributed by atoms with Crippen molar-refractivity contribution >= 4 is 16.8 Å². The first-order valence-electron chi connectivity index (χ1n) is 13.5. The van der Waals surface area contributed by atoms with Gasteiger partial charge in [-0.1, -0.05) is 57.9 Å². The van der Waals surface area contributed by atoms with Crippen LogP contribution in [-0.2, 0) is 11.3 Å². The number of nitrogens with zero attached hydrogens (tertiary/aromatic N) is 3. The first kappa shape index (κ1) is 24.4. The number of benzene rings is 1. The number of rotatable bonds is 5. The van der Waals surface area contributed by atoms with Gasteiger partial charge in [0.05, 0.1) is 23.9 Å². The van der Waals surface area contributed by atoms with Gasteiger partial charge in [-0.3, -0.25) is 14.2 Å². The molecule has 3 aliphatic rings. The molecule has 1 N–H and O–H groups in total. The Kier molecular flexibility index (Phi) is 6.73. The van der Waals surface area contributed by atoms with Gasteiger partial charge in [0.25, 0.3) is 5.56 Å². The Morgan fingerprint density at radius 3 is 2.66 bits per heavy atom. The molecule has 6 nitrogen and oxygen atoms in total. The number of amides is 1. The summed E-state index contributed by atoms with van der Waals surface area (Å²) >= 11 is 0. The molecule has 0 bridgehead atoms. The maximum Gasteiger partial charge on any atom is 0.261 e. The molecule has 7 heteroatoms. The largest absolute Gasteiger partial charge is 0.387 e. The summed E-state index contributed by atoms with van der Waals surface area (Å²) in [4.78, 5) is 32.8. The first-order valence-corrected chi connectivity index (χ1v) is 13.5. The third kappa shape index (κ3) is 4.52. The van der Waals surface area contributed by atoms with Gasteiger partial charge in [0.1, 0.15) is 11.3 Å². The normalized spacial score (nSPS) is 25.9. The zero-order valence-electron chi connectivity index (χ0n) is 20.8. The number of fused-ring (bicyclic) bond motifs is 1. The lowest BCUT2D eigenvalue weighted by atomic mass is 9.65. The fourth-order valence-corrected chi connectivity index (χ4v) is 7.17. The van der Waals surface area contributed by atoms with Gasteiger partial charge in [-0.05, 0) is 43.7 Å². The SMILES string of the molecule is C[C@H](CC1CCCCC1)C(=O)N1CCC(O)(Cn2cnc3c(F)cccc3c2=O)C2(CCCC2)C1. The van der Waals surface area contributed by atoms with Crippen molar-refractivity contribution in [2.75, 3.05) is 13.1 Å². The summed E-state index contributed by atoms with van der Waals surface area (Å²) in [5.74, 6) is 0.350. The Balaban J connectivity index is 1.35. The summed E-state index contributed by atoms with van der Waals surface area (Å²) in [5, 5.41) is 12.2. The number of likely N-dealkylation sites (tertiary alicyclic amines) is 1. The van der Waals surface area contributed by atoms with E-state index in [0.29, 0.717) is 25.4 Å². The van der Waals surface area contributed by atoms with Gasteiger partial charge in [-0.2, -0.15) is 0 Å². The van der Waals surface area contributed by atoms with Crippen molar-refractivity contribution in [2.24, 2.45) is 17.3 Å². The molecule has 1 spiro atoms. The Labute approximate surface area is 206 Å². The van der Waals surface area contributed by atoms with Crippen LogP contribution < -0.4 is 5.56 Å². The highest BCUT2D eigenvalue weighted by atomic mass is 19.1. The summed E-state index contributed by atoms with van der Waals surface area (Å²) in [6, 6.07) is 4.38. The van der Waals surface area contributed by atoms with E-state index >= 15 is 0 Å². The third-order valence-corrected chi connectivity index (χ3v) is 9.22. The minimum atomic E-state index is -1.11. The zero-order chi connectivity index (χ0) is 24.6. The topological polar surface area (TPSA) is 75.4 Å². The predicted molar refractivity (Wildman–Crippen MR) is 133 cm³/mol. The molecule has 1 aromatic carbocycles. The molecule has 0 radical (unpaired) electrons. The molecule has 1 amide bonds. The molecule has 2 heterocycles. The molecule has 2 atom stereocenters. The Morgan fingerprint density at radius 1 is 1.17 bits per heavy atom. The summed E-state index contributed by atoms with van der Waals surface area (Å²) < 4.78 is 15.5. The van der Waals surface area contributed by atoms with E-state index in [-0.39, 0.29) is 34.8 Å². The number of hydrogen-bond donors (Lipinski definition) is 1. The Hall–Kier alpha value is -2.28. The monoisotopic (exact) mass is 483 g/mol. The van der Waals surface area contributed by atoms with Crippen LogP contribution in [0.3, 0.4) is 0 Å². The summed E-state index contributed by atoms with van der Waals surface area (Å²) in [6.07, 6.45) is 12.8. The minimum absolute atomic E-state index is 0.00458. The van der Waals surface area contributed by atoms with Crippen molar-refractivity contribution in [3.63, 3.8) is 0 Å². The van der Waals surface area contributed by atoms with Crippen molar-refractivity contribution < 1.29 is 14.3 Å². The van der Waals surface area contributed by atoms with Gasteiger partial charge in [-0.15, -0.1) is 0 Å². The van der Waals surface area contributed by atoms with E-state index in [1.165, 1.54) is 55.1 Å². The quantitative estimate of drug-likeness (QED) is 0.671. The van der Waals surface area contributed by atoms with E-state index < -0.39 is 16.8 Å². The highest BCUT2D eigenvalue weighted by Gasteiger charge is 2.55. The third-order valence-electron chi connectivity index (χ3n) is 9.22. The van der Waals surface area contributed by atoms with E-state index in [9.17, 15) is 19.1 Å². The second-order valence-electron chi connectivity index (χ2n) is 11.5. The van der Waals surface area contributed by atoms with Crippen molar-refractivity contribution in [1.82, 2.24) is 14.5 Å². The fraction of sp³-hybridized carbons (Fsp3) is 0.679. The molecule has 3 fully saturated rings. The van der Waals surface area contributed by atoms with Gasteiger partial charge < -0.3 is 10.0 Å². The molecule has 1 aromatic heterocycles. The Bertz CT molecular complexity index is 1140. The van der Waals surface area contributed by atoms with Gasteiger partial charge >= 0.3 is 0 Å². The number of carbonyl (C=O) groups is 1. The van der Waals surface area contributed by atoms with Crippen LogP contribution in [0.5, 0.6) is 0 Å². The number of piperidine rings is 1. The summed E-state index contributed by atoms with van der Waals surface area (Å²) in [6.45, 7) is 3.22. The number of para-hydroxylation sites is 1. The molecule has 35 heavy (non-hydrogen) atoms. The maximum atomic E-state index is 14.1. The lowest BCUT2D eigenvalue weighted by Crippen LogP contribution is -2.62. The van der Waals surface area contributed by atoms with Crippen LogP contribution in [0.25, 0.3) is 10.9 Å². The van der Waals surface area contributed by atoms with Crippen molar-refractivity contribution in [3.05, 3.63) is 40.7 Å². The van der Waals surface area contributed by atoms with Crippen LogP contribution in [0, 0.1) is 23.1 Å². The van der Waals surface area contributed by atoms with Gasteiger partial charge in [0, 0.05) is 24.4 Å². The van der Waals surface area contributed by atoms with Crippen LogP contribution in [-0.4, -0.2) is 44.2 Å². The van der Waals surface area contributed by atoms with Crippen LogP contribution >= 0.6 is 0 Å². The predicted octanol–water partition coefficient (Wildman–Crippen LogP) is 4.67.